The molecule has 1 rings (SSSR count). The first-order chi connectivity index (χ1) is 12.1. The molecule has 1 atom stereocenters. The lowest BCUT2D eigenvalue weighted by Gasteiger charge is -2.06. The van der Waals surface area contributed by atoms with Crippen LogP contribution >= 0.6 is 0 Å². The van der Waals surface area contributed by atoms with E-state index in [-0.39, 0.29) is 6.42 Å². The van der Waals surface area contributed by atoms with Gasteiger partial charge in [-0.1, -0.05) is 19.3 Å². The minimum absolute atomic E-state index is 0.0587. The summed E-state index contributed by atoms with van der Waals surface area (Å²) in [6.07, 6.45) is 2.41. The van der Waals surface area contributed by atoms with E-state index in [9.17, 15) is 34.9 Å². The predicted molar refractivity (Wildman–Crippen MR) is 89.1 cm³/mol. The van der Waals surface area contributed by atoms with Crippen molar-refractivity contribution in [1.82, 2.24) is 0 Å². The molecule has 1 unspecified atom stereocenters. The first-order valence-electron chi connectivity index (χ1n) is 7.82. The number of unbranched alkanes of at least 4 members (excludes halogenated alkanes) is 3. The highest BCUT2D eigenvalue weighted by atomic mass is 16.6. The summed E-state index contributed by atoms with van der Waals surface area (Å²) in [5.74, 6) is -2.61. The zero-order valence-electron chi connectivity index (χ0n) is 13.8. The number of rotatable bonds is 11. The van der Waals surface area contributed by atoms with E-state index in [1.807, 2.05) is 0 Å². The number of hydrogen-bond acceptors (Lipinski definition) is 8. The number of aliphatic carboxylic acids is 1. The molecule has 0 radical (unpaired) electrons. The van der Waals surface area contributed by atoms with Crippen molar-refractivity contribution in [2.75, 3.05) is 0 Å². The van der Waals surface area contributed by atoms with Crippen molar-refractivity contribution in [3.05, 3.63) is 37.9 Å². The summed E-state index contributed by atoms with van der Waals surface area (Å²) < 4.78 is 0. The number of carboxylic acid groups (broad SMARTS) is 1. The van der Waals surface area contributed by atoms with Gasteiger partial charge in [0.1, 0.15) is 6.04 Å². The largest absolute Gasteiger partial charge is 0.502 e. The third-order valence-electron chi connectivity index (χ3n) is 3.77. The maximum absolute atomic E-state index is 12.1. The highest BCUT2D eigenvalue weighted by Crippen LogP contribution is 2.35. The molecule has 11 nitrogen and oxygen atoms in total. The number of non-ortho nitro benzene ring substituents is 1. The van der Waals surface area contributed by atoms with Gasteiger partial charge in [-0.05, 0) is 12.8 Å². The molecule has 0 saturated heterocycles. The van der Waals surface area contributed by atoms with Gasteiger partial charge in [0.15, 0.2) is 5.78 Å². The van der Waals surface area contributed by atoms with Crippen LogP contribution in [0.4, 0.5) is 11.4 Å². The molecule has 4 N–H and O–H groups in total. The Labute approximate surface area is 147 Å². The van der Waals surface area contributed by atoms with Crippen molar-refractivity contribution in [1.29, 1.82) is 0 Å². The molecule has 0 spiro atoms. The Morgan fingerprint density at radius 2 is 1.69 bits per heavy atom. The molecule has 0 aromatic heterocycles. The minimum atomic E-state index is -1.08. The van der Waals surface area contributed by atoms with E-state index in [2.05, 4.69) is 0 Å². The van der Waals surface area contributed by atoms with Crippen molar-refractivity contribution < 1.29 is 29.6 Å². The van der Waals surface area contributed by atoms with Crippen LogP contribution < -0.4 is 5.73 Å². The van der Waals surface area contributed by atoms with Gasteiger partial charge in [0.05, 0.1) is 21.5 Å². The van der Waals surface area contributed by atoms with Gasteiger partial charge in [-0.2, -0.15) is 0 Å². The fourth-order valence-corrected chi connectivity index (χ4v) is 2.32. The number of phenolic OH excluding ortho intramolecular Hbond substituents is 1. The summed E-state index contributed by atoms with van der Waals surface area (Å²) in [4.78, 5) is 42.5. The summed E-state index contributed by atoms with van der Waals surface area (Å²) >= 11 is 0. The van der Waals surface area contributed by atoms with E-state index in [1.54, 1.807) is 0 Å². The van der Waals surface area contributed by atoms with E-state index < -0.39 is 50.3 Å². The third-order valence-corrected chi connectivity index (χ3v) is 3.77. The maximum atomic E-state index is 12.1. The number of carboxylic acids is 1. The van der Waals surface area contributed by atoms with E-state index in [1.165, 1.54) is 0 Å². The van der Waals surface area contributed by atoms with Crippen molar-refractivity contribution in [2.24, 2.45) is 5.73 Å². The van der Waals surface area contributed by atoms with E-state index in [4.69, 9.17) is 10.8 Å². The van der Waals surface area contributed by atoms with Crippen LogP contribution in [0.5, 0.6) is 5.75 Å². The second-order valence-electron chi connectivity index (χ2n) is 5.70. The highest BCUT2D eigenvalue weighted by Gasteiger charge is 2.26. The Bertz CT molecular complexity index is 719. The number of hydrogen-bond donors (Lipinski definition) is 3. The standard InChI is InChI=1S/C15H19N3O8/c16-11(15(21)22)5-3-1-2-4-6-13(19)10-7-9(17(23)24)8-12(14(10)20)18(25)26/h7-8,11,20H,1-6,16H2,(H,21,22). The number of carbonyl (C=O) groups excluding carboxylic acids is 1. The van der Waals surface area contributed by atoms with Crippen LogP contribution in [-0.4, -0.2) is 37.9 Å². The number of nitrogens with two attached hydrogens (primary N) is 1. The lowest BCUT2D eigenvalue weighted by molar-refractivity contribution is -0.394. The van der Waals surface area contributed by atoms with Gasteiger partial charge >= 0.3 is 11.7 Å². The van der Waals surface area contributed by atoms with Crippen LogP contribution in [0.2, 0.25) is 0 Å². The first kappa shape index (κ1) is 21.0. The number of Topliss-reactive ketones (excluding diaryl/α,β-unsaturated/α-hetero) is 1. The van der Waals surface area contributed by atoms with Crippen molar-refractivity contribution in [3.8, 4) is 5.75 Å². The predicted octanol–water partition coefficient (Wildman–Crippen LogP) is 2.14. The lowest BCUT2D eigenvalue weighted by atomic mass is 10.0. The number of nitro benzene ring substituents is 2. The zero-order valence-corrected chi connectivity index (χ0v) is 13.8. The van der Waals surface area contributed by atoms with Gasteiger partial charge in [-0.3, -0.25) is 29.8 Å². The molecule has 142 valence electrons. The van der Waals surface area contributed by atoms with Crippen LogP contribution in [0.25, 0.3) is 0 Å². The summed E-state index contributed by atoms with van der Waals surface area (Å²) in [7, 11) is 0. The highest BCUT2D eigenvalue weighted by molar-refractivity contribution is 6.00. The van der Waals surface area contributed by atoms with Gasteiger partial charge in [0.2, 0.25) is 5.75 Å². The van der Waals surface area contributed by atoms with Crippen LogP contribution in [0, 0.1) is 20.2 Å². The number of nitrogens with zero attached hydrogens (tertiary/aromatic N) is 2. The molecular weight excluding hydrogens is 350 g/mol. The van der Waals surface area contributed by atoms with Crippen molar-refractivity contribution >= 4 is 23.1 Å². The summed E-state index contributed by atoms with van der Waals surface area (Å²) in [5, 5.41) is 40.2. The minimum Gasteiger partial charge on any atom is -0.502 e. The van der Waals surface area contributed by atoms with Crippen molar-refractivity contribution in [3.63, 3.8) is 0 Å². The number of carbonyl (C=O) groups is 2. The zero-order chi connectivity index (χ0) is 19.9. The van der Waals surface area contributed by atoms with Gasteiger partial charge < -0.3 is 15.9 Å². The molecule has 0 amide bonds. The molecule has 0 fully saturated rings. The van der Waals surface area contributed by atoms with Crippen LogP contribution in [0.15, 0.2) is 12.1 Å². The summed E-state index contributed by atoms with van der Waals surface area (Å²) in [6, 6.07) is 0.480. The van der Waals surface area contributed by atoms with Crippen LogP contribution in [0.1, 0.15) is 48.9 Å². The molecule has 0 aliphatic rings. The number of phenols is 1. The Balaban J connectivity index is 2.66. The molecule has 1 aromatic carbocycles. The fourth-order valence-electron chi connectivity index (χ4n) is 2.32. The Morgan fingerprint density at radius 3 is 2.23 bits per heavy atom. The van der Waals surface area contributed by atoms with E-state index in [0.717, 1.165) is 6.07 Å². The number of benzene rings is 1. The molecule has 0 heterocycles. The Hall–Kier alpha value is -3.08. The molecule has 0 bridgehead atoms. The van der Waals surface area contributed by atoms with Crippen LogP contribution in [0.3, 0.4) is 0 Å². The molecule has 1 aromatic rings. The quantitative estimate of drug-likeness (QED) is 0.227. The topological polar surface area (TPSA) is 187 Å². The molecule has 0 aliphatic carbocycles. The lowest BCUT2D eigenvalue weighted by Crippen LogP contribution is -2.29. The average Bonchev–Trinajstić information content (AvgIpc) is 2.56. The number of aromatic hydroxyl groups is 1. The normalized spacial score (nSPS) is 11.7. The second kappa shape index (κ2) is 9.42. The Morgan fingerprint density at radius 1 is 1.08 bits per heavy atom. The van der Waals surface area contributed by atoms with E-state index in [0.29, 0.717) is 38.2 Å². The monoisotopic (exact) mass is 369 g/mol. The van der Waals surface area contributed by atoms with Gasteiger partial charge in [-0.25, -0.2) is 0 Å². The molecule has 0 saturated carbocycles. The second-order valence-corrected chi connectivity index (χ2v) is 5.70. The molecule has 26 heavy (non-hydrogen) atoms. The first-order valence-corrected chi connectivity index (χ1v) is 7.82. The molecular formula is C15H19N3O8. The van der Waals surface area contributed by atoms with Gasteiger partial charge in [-0.15, -0.1) is 0 Å². The average molecular weight is 369 g/mol. The number of ketones is 1. The van der Waals surface area contributed by atoms with E-state index >= 15 is 0 Å². The SMILES string of the molecule is NC(CCCCCCC(=O)c1cc([N+](=O)[O-])cc([N+](=O)[O-])c1O)C(=O)O. The maximum Gasteiger partial charge on any atom is 0.320 e. The third kappa shape index (κ3) is 5.77. The van der Waals surface area contributed by atoms with Gasteiger partial charge in [0, 0.05) is 12.5 Å². The summed E-state index contributed by atoms with van der Waals surface area (Å²) in [5.41, 5.74) is 3.35. The van der Waals surface area contributed by atoms with Crippen molar-refractivity contribution in [2.45, 2.75) is 44.6 Å². The van der Waals surface area contributed by atoms with Crippen LogP contribution in [-0.2, 0) is 4.79 Å². The number of nitro groups is 2. The Kier molecular flexibility index (Phi) is 7.59. The smallest absolute Gasteiger partial charge is 0.320 e. The molecule has 11 heteroatoms. The van der Waals surface area contributed by atoms with Gasteiger partial charge in [0.25, 0.3) is 5.69 Å². The molecule has 0 aliphatic heterocycles. The fraction of sp³-hybridized carbons (Fsp3) is 0.467. The summed E-state index contributed by atoms with van der Waals surface area (Å²) in [6.45, 7) is 0.